The molecule has 1 fully saturated rings. The Morgan fingerprint density at radius 3 is 2.57 bits per heavy atom. The van der Waals surface area contributed by atoms with Crippen molar-refractivity contribution in [1.29, 1.82) is 0 Å². The minimum Gasteiger partial charge on any atom is -0.330 e. The second-order valence-electron chi connectivity index (χ2n) is 5.55. The topological polar surface area (TPSA) is 56.7 Å². The van der Waals surface area contributed by atoms with Crippen molar-refractivity contribution in [2.24, 2.45) is 11.7 Å². The lowest BCUT2D eigenvalue weighted by atomic mass is 10.3. The number of nitrogens with two attached hydrogens (primary N) is 1. The van der Waals surface area contributed by atoms with E-state index >= 15 is 0 Å². The van der Waals surface area contributed by atoms with E-state index < -0.39 is 11.8 Å². The first kappa shape index (κ1) is 16.3. The van der Waals surface area contributed by atoms with Crippen LogP contribution in [0.4, 0.5) is 13.2 Å². The molecule has 0 saturated heterocycles. The maximum absolute atomic E-state index is 13.1. The summed E-state index contributed by atoms with van der Waals surface area (Å²) in [7, 11) is 0. The molecule has 1 heterocycles. The number of benzene rings is 1. The quantitative estimate of drug-likeness (QED) is 0.786. The standard InChI is InChI=1S/C15H17F3N4S/c16-11-1-3-12(4-2-11)22-13(5-7-19)20-21-14(22)23-8-6-10-9-15(10,17)18/h1-4,10H,5-9,19H2/t10-/m1/s1. The van der Waals surface area contributed by atoms with Crippen LogP contribution >= 0.6 is 11.8 Å². The lowest BCUT2D eigenvalue weighted by molar-refractivity contribution is 0.0983. The van der Waals surface area contributed by atoms with E-state index in [4.69, 9.17) is 5.73 Å². The Morgan fingerprint density at radius 2 is 1.96 bits per heavy atom. The molecule has 0 unspecified atom stereocenters. The van der Waals surface area contributed by atoms with Gasteiger partial charge < -0.3 is 5.73 Å². The van der Waals surface area contributed by atoms with Gasteiger partial charge in [-0.15, -0.1) is 10.2 Å². The summed E-state index contributed by atoms with van der Waals surface area (Å²) in [4.78, 5) is 0. The maximum atomic E-state index is 13.1. The summed E-state index contributed by atoms with van der Waals surface area (Å²) in [6.07, 6.45) is 0.961. The van der Waals surface area contributed by atoms with E-state index in [1.165, 1.54) is 23.9 Å². The molecule has 1 aliphatic carbocycles. The smallest absolute Gasteiger partial charge is 0.251 e. The van der Waals surface area contributed by atoms with Crippen LogP contribution in [0.1, 0.15) is 18.7 Å². The Bertz CT molecular complexity index is 672. The highest BCUT2D eigenvalue weighted by atomic mass is 32.2. The highest BCUT2D eigenvalue weighted by molar-refractivity contribution is 7.99. The van der Waals surface area contributed by atoms with Gasteiger partial charge in [-0.2, -0.15) is 0 Å². The van der Waals surface area contributed by atoms with Crippen molar-refractivity contribution in [3.05, 3.63) is 35.9 Å². The molecule has 0 spiro atoms. The van der Waals surface area contributed by atoms with E-state index in [2.05, 4.69) is 10.2 Å². The molecule has 23 heavy (non-hydrogen) atoms. The molecule has 1 saturated carbocycles. The molecule has 1 aromatic carbocycles. The summed E-state index contributed by atoms with van der Waals surface area (Å²) in [6, 6.07) is 6.00. The average molecular weight is 342 g/mol. The fourth-order valence-corrected chi connectivity index (χ4v) is 3.43. The highest BCUT2D eigenvalue weighted by Gasteiger charge is 2.55. The number of nitrogens with zero attached hydrogens (tertiary/aromatic N) is 3. The molecule has 0 bridgehead atoms. The van der Waals surface area contributed by atoms with Crippen LogP contribution in [0.2, 0.25) is 0 Å². The number of rotatable bonds is 7. The van der Waals surface area contributed by atoms with Gasteiger partial charge in [0.2, 0.25) is 0 Å². The second kappa shape index (κ2) is 6.52. The molecule has 0 amide bonds. The summed E-state index contributed by atoms with van der Waals surface area (Å²) in [5.74, 6) is -2.11. The van der Waals surface area contributed by atoms with Gasteiger partial charge in [0.1, 0.15) is 11.6 Å². The maximum Gasteiger partial charge on any atom is 0.251 e. The van der Waals surface area contributed by atoms with Crippen LogP contribution in [0.15, 0.2) is 29.4 Å². The van der Waals surface area contributed by atoms with Gasteiger partial charge in [-0.05, 0) is 37.2 Å². The zero-order valence-corrected chi connectivity index (χ0v) is 13.2. The first-order valence-electron chi connectivity index (χ1n) is 7.42. The van der Waals surface area contributed by atoms with Gasteiger partial charge >= 0.3 is 0 Å². The van der Waals surface area contributed by atoms with Crippen LogP contribution < -0.4 is 5.73 Å². The van der Waals surface area contributed by atoms with Crippen LogP contribution in [0.25, 0.3) is 5.69 Å². The zero-order chi connectivity index (χ0) is 16.4. The molecule has 0 radical (unpaired) electrons. The summed E-state index contributed by atoms with van der Waals surface area (Å²) < 4.78 is 40.8. The molecule has 2 N–H and O–H groups in total. The molecule has 1 atom stereocenters. The molecular weight excluding hydrogens is 325 g/mol. The van der Waals surface area contributed by atoms with E-state index in [9.17, 15) is 13.2 Å². The summed E-state index contributed by atoms with van der Waals surface area (Å²) in [5.41, 5.74) is 6.32. The lowest BCUT2D eigenvalue weighted by Crippen LogP contribution is -2.09. The predicted molar refractivity (Wildman–Crippen MR) is 82.5 cm³/mol. The van der Waals surface area contributed by atoms with E-state index in [1.54, 1.807) is 12.1 Å². The normalized spacial score (nSPS) is 19.0. The van der Waals surface area contributed by atoms with Gasteiger partial charge in [0.25, 0.3) is 5.92 Å². The molecule has 3 rings (SSSR count). The van der Waals surface area contributed by atoms with Crippen LogP contribution in [0.5, 0.6) is 0 Å². The van der Waals surface area contributed by atoms with Crippen molar-refractivity contribution in [1.82, 2.24) is 14.8 Å². The van der Waals surface area contributed by atoms with E-state index in [1.807, 2.05) is 4.57 Å². The Labute approximate surface area is 136 Å². The number of hydrogen-bond acceptors (Lipinski definition) is 4. The molecule has 1 aliphatic rings. The first-order valence-corrected chi connectivity index (χ1v) is 8.41. The highest BCUT2D eigenvalue weighted by Crippen LogP contribution is 2.51. The molecule has 0 aliphatic heterocycles. The fraction of sp³-hybridized carbons (Fsp3) is 0.467. The van der Waals surface area contributed by atoms with Crippen LogP contribution in [-0.4, -0.2) is 33.0 Å². The van der Waals surface area contributed by atoms with Gasteiger partial charge in [0.15, 0.2) is 5.16 Å². The number of hydrogen-bond donors (Lipinski definition) is 1. The molecular formula is C15H17F3N4S. The van der Waals surface area contributed by atoms with Crippen LogP contribution in [-0.2, 0) is 6.42 Å². The van der Waals surface area contributed by atoms with Crippen molar-refractivity contribution in [3.8, 4) is 5.69 Å². The van der Waals surface area contributed by atoms with Crippen molar-refractivity contribution >= 4 is 11.8 Å². The summed E-state index contributed by atoms with van der Waals surface area (Å²) in [6.45, 7) is 0.415. The Balaban J connectivity index is 1.75. The number of aromatic nitrogens is 3. The van der Waals surface area contributed by atoms with E-state index in [-0.39, 0.29) is 12.2 Å². The minimum absolute atomic E-state index is 0.0172. The van der Waals surface area contributed by atoms with E-state index in [0.717, 1.165) is 5.69 Å². The third-order valence-electron chi connectivity index (χ3n) is 3.81. The summed E-state index contributed by atoms with van der Waals surface area (Å²) in [5, 5.41) is 8.86. The first-order chi connectivity index (χ1) is 11.0. The molecule has 8 heteroatoms. The molecule has 4 nitrogen and oxygen atoms in total. The SMILES string of the molecule is NCCc1nnc(SCC[C@@H]2CC2(F)F)n1-c1ccc(F)cc1. The Kier molecular flexibility index (Phi) is 4.63. The lowest BCUT2D eigenvalue weighted by Gasteiger charge is -2.09. The van der Waals surface area contributed by atoms with E-state index in [0.29, 0.717) is 36.1 Å². The van der Waals surface area contributed by atoms with Crippen LogP contribution in [0.3, 0.4) is 0 Å². The van der Waals surface area contributed by atoms with Crippen molar-refractivity contribution < 1.29 is 13.2 Å². The van der Waals surface area contributed by atoms with Gasteiger partial charge in [0, 0.05) is 30.2 Å². The van der Waals surface area contributed by atoms with Crippen molar-refractivity contribution in [3.63, 3.8) is 0 Å². The van der Waals surface area contributed by atoms with Gasteiger partial charge in [-0.1, -0.05) is 11.8 Å². The summed E-state index contributed by atoms with van der Waals surface area (Å²) >= 11 is 1.38. The Morgan fingerprint density at radius 1 is 1.26 bits per heavy atom. The fourth-order valence-electron chi connectivity index (χ4n) is 2.41. The van der Waals surface area contributed by atoms with Gasteiger partial charge in [0.05, 0.1) is 0 Å². The van der Waals surface area contributed by atoms with Gasteiger partial charge in [-0.25, -0.2) is 13.2 Å². The molecule has 2 aromatic rings. The van der Waals surface area contributed by atoms with Gasteiger partial charge in [-0.3, -0.25) is 4.57 Å². The predicted octanol–water partition coefficient (Wildman–Crippen LogP) is 3.05. The number of alkyl halides is 2. The number of thioether (sulfide) groups is 1. The third-order valence-corrected chi connectivity index (χ3v) is 4.77. The van der Waals surface area contributed by atoms with Crippen molar-refractivity contribution in [2.75, 3.05) is 12.3 Å². The zero-order valence-electron chi connectivity index (χ0n) is 12.4. The van der Waals surface area contributed by atoms with Crippen LogP contribution in [0, 0.1) is 11.7 Å². The number of halogens is 3. The second-order valence-corrected chi connectivity index (χ2v) is 6.61. The molecule has 124 valence electrons. The monoisotopic (exact) mass is 342 g/mol. The minimum atomic E-state index is -2.49. The van der Waals surface area contributed by atoms with Crippen molar-refractivity contribution in [2.45, 2.75) is 30.3 Å². The Hall–Kier alpha value is -1.54. The third kappa shape index (κ3) is 3.69. The largest absolute Gasteiger partial charge is 0.330 e. The average Bonchev–Trinajstić information content (AvgIpc) is 2.93. The molecule has 1 aromatic heterocycles.